The van der Waals surface area contributed by atoms with Crippen LogP contribution >= 0.6 is 0 Å². The first-order chi connectivity index (χ1) is 12.6. The highest BCUT2D eigenvalue weighted by Crippen LogP contribution is 2.44. The van der Waals surface area contributed by atoms with Gasteiger partial charge in [-0.15, -0.1) is 6.58 Å². The molecule has 4 fully saturated rings. The topological polar surface area (TPSA) is 77.4 Å². The lowest BCUT2D eigenvalue weighted by atomic mass is 9.94. The highest BCUT2D eigenvalue weighted by molar-refractivity contribution is 5.01. The first-order valence-electron chi connectivity index (χ1n) is 10.2. The van der Waals surface area contributed by atoms with E-state index in [9.17, 15) is 10.2 Å². The lowest BCUT2D eigenvalue weighted by Gasteiger charge is -2.34. The average Bonchev–Trinajstić information content (AvgIpc) is 3.24. The minimum absolute atomic E-state index is 0.352. The zero-order chi connectivity index (χ0) is 18.2. The second-order valence-corrected chi connectivity index (χ2v) is 8.29. The van der Waals surface area contributed by atoms with Crippen LogP contribution in [0.25, 0.3) is 0 Å². The molecule has 6 heteroatoms. The van der Waals surface area contributed by atoms with Crippen LogP contribution in [-0.4, -0.2) is 58.9 Å². The molecule has 2 heterocycles. The van der Waals surface area contributed by atoms with E-state index in [1.165, 1.54) is 18.9 Å². The molecule has 4 rings (SSSR count). The predicted octanol–water partition coefficient (Wildman–Crippen LogP) is 2.41. The fraction of sp³-hybridized carbons (Fsp3) is 0.900. The van der Waals surface area contributed by atoms with Gasteiger partial charge in [0.05, 0.1) is 6.61 Å². The quantitative estimate of drug-likeness (QED) is 0.742. The van der Waals surface area contributed by atoms with Crippen LogP contribution in [-0.2, 0) is 18.9 Å². The molecule has 0 amide bonds. The fourth-order valence-electron chi connectivity index (χ4n) is 4.96. The molecule has 6 nitrogen and oxygen atoms in total. The van der Waals surface area contributed by atoms with E-state index in [1.807, 2.05) is 0 Å². The van der Waals surface area contributed by atoms with Gasteiger partial charge < -0.3 is 29.2 Å². The molecule has 2 saturated heterocycles. The van der Waals surface area contributed by atoms with Crippen LogP contribution in [0.1, 0.15) is 64.2 Å². The summed E-state index contributed by atoms with van der Waals surface area (Å²) in [6.07, 6.45) is 7.88. The molecule has 2 aliphatic heterocycles. The molecule has 148 valence electrons. The number of hydrogen-bond donors (Lipinski definition) is 2. The summed E-state index contributed by atoms with van der Waals surface area (Å²) in [6, 6.07) is 0. The van der Waals surface area contributed by atoms with E-state index < -0.39 is 42.1 Å². The van der Waals surface area contributed by atoms with Gasteiger partial charge in [-0.3, -0.25) is 0 Å². The van der Waals surface area contributed by atoms with Crippen LogP contribution in [0.5, 0.6) is 0 Å². The first kappa shape index (κ1) is 18.8. The minimum atomic E-state index is -0.905. The third-order valence-electron chi connectivity index (χ3n) is 6.43. The molecule has 0 radical (unpaired) electrons. The van der Waals surface area contributed by atoms with E-state index in [0.29, 0.717) is 6.61 Å². The summed E-state index contributed by atoms with van der Waals surface area (Å²) in [5.74, 6) is -1.24. The summed E-state index contributed by atoms with van der Waals surface area (Å²) in [4.78, 5) is 0. The van der Waals surface area contributed by atoms with Crippen molar-refractivity contribution in [3.63, 3.8) is 0 Å². The highest BCUT2D eigenvalue weighted by atomic mass is 16.8. The third-order valence-corrected chi connectivity index (χ3v) is 6.43. The van der Waals surface area contributed by atoms with Gasteiger partial charge in [0, 0.05) is 25.7 Å². The predicted molar refractivity (Wildman–Crippen MR) is 94.4 cm³/mol. The van der Waals surface area contributed by atoms with E-state index in [0.717, 1.165) is 51.4 Å². The average molecular weight is 368 g/mol. The maximum absolute atomic E-state index is 11.0. The second kappa shape index (κ2) is 7.49. The van der Waals surface area contributed by atoms with Gasteiger partial charge in [0.15, 0.2) is 11.6 Å². The van der Waals surface area contributed by atoms with Crippen molar-refractivity contribution in [1.29, 1.82) is 0 Å². The molecule has 3 unspecified atom stereocenters. The van der Waals surface area contributed by atoms with Crippen LogP contribution < -0.4 is 0 Å². The van der Waals surface area contributed by atoms with Crippen molar-refractivity contribution >= 4 is 0 Å². The number of hydrogen-bond acceptors (Lipinski definition) is 6. The Labute approximate surface area is 155 Å². The summed E-state index contributed by atoms with van der Waals surface area (Å²) in [5, 5.41) is 21.4. The fourth-order valence-corrected chi connectivity index (χ4v) is 4.96. The highest BCUT2D eigenvalue weighted by Gasteiger charge is 2.55. The number of aliphatic hydroxyl groups excluding tert-OH is 2. The Kier molecular flexibility index (Phi) is 5.43. The van der Waals surface area contributed by atoms with E-state index in [-0.39, 0.29) is 0 Å². The van der Waals surface area contributed by atoms with Crippen LogP contribution in [0, 0.1) is 0 Å². The van der Waals surface area contributed by atoms with E-state index in [2.05, 4.69) is 6.58 Å². The van der Waals surface area contributed by atoms with E-state index in [1.54, 1.807) is 0 Å². The molecular weight excluding hydrogens is 336 g/mol. The van der Waals surface area contributed by atoms with Gasteiger partial charge in [-0.05, 0) is 25.7 Å². The monoisotopic (exact) mass is 368 g/mol. The molecule has 2 spiro atoms. The summed E-state index contributed by atoms with van der Waals surface area (Å²) in [7, 11) is 0. The molecule has 2 N–H and O–H groups in total. The van der Waals surface area contributed by atoms with Crippen molar-refractivity contribution in [2.75, 3.05) is 6.61 Å². The van der Waals surface area contributed by atoms with E-state index >= 15 is 0 Å². The van der Waals surface area contributed by atoms with Crippen LogP contribution in [0.3, 0.4) is 0 Å². The van der Waals surface area contributed by atoms with Gasteiger partial charge in [-0.25, -0.2) is 0 Å². The van der Waals surface area contributed by atoms with Gasteiger partial charge in [0.25, 0.3) is 0 Å². The SMILES string of the molecule is C=CC(O)C1OC2(CCCCC2)OC1[C@@H](O)[C@H]1COC2(CCCCC2)O1. The summed E-state index contributed by atoms with van der Waals surface area (Å²) in [6.45, 7) is 4.03. The van der Waals surface area contributed by atoms with Crippen LogP contribution in [0.15, 0.2) is 12.7 Å². The summed E-state index contributed by atoms with van der Waals surface area (Å²) in [5.41, 5.74) is 0. The Bertz CT molecular complexity index is 497. The number of aliphatic hydroxyl groups is 2. The standard InChI is InChI=1S/C20H32O6/c1-2-14(21)17-18(26-20(25-17)11-7-4-8-12-20)16(22)15-13-23-19(24-15)9-5-3-6-10-19/h2,14-18,21-22H,1,3-13H2/t14?,15-,16+,17?,18?/m1/s1. The Hall–Kier alpha value is -0.500. The molecule has 2 aliphatic carbocycles. The maximum atomic E-state index is 11.0. The van der Waals surface area contributed by atoms with Crippen molar-refractivity contribution in [1.82, 2.24) is 0 Å². The first-order valence-corrected chi connectivity index (χ1v) is 10.2. The Morgan fingerprint density at radius 1 is 0.808 bits per heavy atom. The van der Waals surface area contributed by atoms with Crippen molar-refractivity contribution in [3.05, 3.63) is 12.7 Å². The lowest BCUT2D eigenvalue weighted by molar-refractivity contribution is -0.217. The Morgan fingerprint density at radius 2 is 1.38 bits per heavy atom. The molecule has 0 aromatic heterocycles. The molecule has 0 aromatic rings. The van der Waals surface area contributed by atoms with Crippen molar-refractivity contribution in [2.24, 2.45) is 0 Å². The molecule has 2 saturated carbocycles. The zero-order valence-electron chi connectivity index (χ0n) is 15.5. The van der Waals surface area contributed by atoms with Crippen molar-refractivity contribution < 1.29 is 29.2 Å². The smallest absolute Gasteiger partial charge is 0.169 e. The largest absolute Gasteiger partial charge is 0.387 e. The lowest BCUT2D eigenvalue weighted by Crippen LogP contribution is -2.48. The Balaban J connectivity index is 1.47. The molecule has 4 aliphatic rings. The molecule has 5 atom stereocenters. The summed E-state index contributed by atoms with van der Waals surface area (Å²) < 4.78 is 24.6. The molecule has 26 heavy (non-hydrogen) atoms. The Morgan fingerprint density at radius 3 is 2.00 bits per heavy atom. The number of rotatable bonds is 4. The normalized spacial score (nSPS) is 38.5. The van der Waals surface area contributed by atoms with Crippen molar-refractivity contribution in [3.8, 4) is 0 Å². The minimum Gasteiger partial charge on any atom is -0.387 e. The van der Waals surface area contributed by atoms with Gasteiger partial charge in [0.1, 0.15) is 30.5 Å². The third kappa shape index (κ3) is 3.48. The van der Waals surface area contributed by atoms with Gasteiger partial charge in [-0.1, -0.05) is 18.9 Å². The maximum Gasteiger partial charge on any atom is 0.169 e. The van der Waals surface area contributed by atoms with Crippen molar-refractivity contribution in [2.45, 2.75) is 106 Å². The number of ether oxygens (including phenoxy) is 4. The van der Waals surface area contributed by atoms with E-state index in [4.69, 9.17) is 18.9 Å². The zero-order valence-corrected chi connectivity index (χ0v) is 15.5. The van der Waals surface area contributed by atoms with Gasteiger partial charge in [-0.2, -0.15) is 0 Å². The molecular formula is C20H32O6. The molecule has 0 bridgehead atoms. The van der Waals surface area contributed by atoms with Crippen LogP contribution in [0.2, 0.25) is 0 Å². The van der Waals surface area contributed by atoms with Gasteiger partial charge >= 0.3 is 0 Å². The van der Waals surface area contributed by atoms with Crippen LogP contribution in [0.4, 0.5) is 0 Å². The second-order valence-electron chi connectivity index (χ2n) is 8.29. The molecule has 0 aromatic carbocycles. The summed E-state index contributed by atoms with van der Waals surface area (Å²) >= 11 is 0. The van der Waals surface area contributed by atoms with Gasteiger partial charge in [0.2, 0.25) is 0 Å².